The summed E-state index contributed by atoms with van der Waals surface area (Å²) in [5.41, 5.74) is 4.27. The number of carbonyl (C=O) groups excluding carboxylic acids is 2. The van der Waals surface area contributed by atoms with Crippen molar-refractivity contribution in [2.45, 2.75) is 10.8 Å². The van der Waals surface area contributed by atoms with E-state index in [4.69, 9.17) is 4.74 Å². The Hall–Kier alpha value is -2.81. The van der Waals surface area contributed by atoms with Crippen LogP contribution in [0.1, 0.15) is 11.5 Å². The average Bonchev–Trinajstić information content (AvgIpc) is 2.72. The molecule has 0 saturated carbocycles. The van der Waals surface area contributed by atoms with Crippen molar-refractivity contribution < 1.29 is 19.4 Å². The minimum absolute atomic E-state index is 0.0121. The Balaban J connectivity index is 1.14. The Morgan fingerprint density at radius 3 is 2.58 bits per heavy atom. The SMILES string of the molecule is O=C1COc2ccc(SN3CC(=C4CN(C(=O)C(CO)c5ccccc5)C4)C3)cc2N1. The van der Waals surface area contributed by atoms with Crippen molar-refractivity contribution in [3.05, 3.63) is 65.2 Å². The van der Waals surface area contributed by atoms with E-state index >= 15 is 0 Å². The van der Waals surface area contributed by atoms with Gasteiger partial charge in [0.15, 0.2) is 6.61 Å². The van der Waals surface area contributed by atoms with Crippen LogP contribution in [0.25, 0.3) is 0 Å². The van der Waals surface area contributed by atoms with Crippen LogP contribution in [0.3, 0.4) is 0 Å². The highest BCUT2D eigenvalue weighted by Crippen LogP contribution is 2.37. The second kappa shape index (κ2) is 8.37. The Bertz CT molecular complexity index is 1040. The number of ether oxygens (including phenoxy) is 1. The van der Waals surface area contributed by atoms with Gasteiger partial charge in [-0.1, -0.05) is 30.3 Å². The third kappa shape index (κ3) is 4.06. The van der Waals surface area contributed by atoms with Crippen LogP contribution in [0.2, 0.25) is 0 Å². The fraction of sp³-hybridized carbons (Fsp3) is 0.304. The predicted octanol–water partition coefficient (Wildman–Crippen LogP) is 2.26. The van der Waals surface area contributed by atoms with Crippen LogP contribution in [0, 0.1) is 0 Å². The summed E-state index contributed by atoms with van der Waals surface area (Å²) < 4.78 is 7.65. The molecule has 0 aromatic heterocycles. The molecule has 2 fully saturated rings. The van der Waals surface area contributed by atoms with Crippen LogP contribution in [-0.2, 0) is 9.59 Å². The molecular formula is C23H23N3O4S. The number of nitrogens with one attached hydrogen (secondary N) is 1. The summed E-state index contributed by atoms with van der Waals surface area (Å²) >= 11 is 1.65. The summed E-state index contributed by atoms with van der Waals surface area (Å²) in [6, 6.07) is 15.3. The molecule has 2 saturated heterocycles. The zero-order valence-electron chi connectivity index (χ0n) is 16.9. The molecule has 1 atom stereocenters. The number of nitrogens with zero attached hydrogens (tertiary/aromatic N) is 2. The van der Waals surface area contributed by atoms with E-state index in [-0.39, 0.29) is 25.0 Å². The van der Waals surface area contributed by atoms with Gasteiger partial charge in [-0.3, -0.25) is 9.59 Å². The maximum absolute atomic E-state index is 12.8. The maximum atomic E-state index is 12.8. The quantitative estimate of drug-likeness (QED) is 0.552. The van der Waals surface area contributed by atoms with E-state index in [9.17, 15) is 14.7 Å². The lowest BCUT2D eigenvalue weighted by Crippen LogP contribution is -2.50. The van der Waals surface area contributed by atoms with Gasteiger partial charge in [0.05, 0.1) is 18.2 Å². The zero-order chi connectivity index (χ0) is 21.4. The smallest absolute Gasteiger partial charge is 0.262 e. The van der Waals surface area contributed by atoms with E-state index in [1.54, 1.807) is 11.9 Å². The standard InChI is InChI=1S/C23H23N3O4S/c27-13-19(15-4-2-1-3-5-15)23(29)25-9-16(10-25)17-11-26(12-17)31-18-6-7-21-20(8-18)24-22(28)14-30-21/h1-8,19,27H,9-14H2,(H,24,28). The van der Waals surface area contributed by atoms with Gasteiger partial charge in [0.25, 0.3) is 5.91 Å². The van der Waals surface area contributed by atoms with Gasteiger partial charge in [-0.25, -0.2) is 4.31 Å². The summed E-state index contributed by atoms with van der Waals surface area (Å²) in [5, 5.41) is 12.5. The molecule has 1 unspecified atom stereocenters. The van der Waals surface area contributed by atoms with Crippen molar-refractivity contribution in [1.82, 2.24) is 9.21 Å². The van der Waals surface area contributed by atoms with Crippen LogP contribution >= 0.6 is 11.9 Å². The van der Waals surface area contributed by atoms with E-state index in [0.29, 0.717) is 24.5 Å². The number of carbonyl (C=O) groups is 2. The van der Waals surface area contributed by atoms with Gasteiger partial charge in [-0.15, -0.1) is 0 Å². The molecule has 2 amide bonds. The van der Waals surface area contributed by atoms with E-state index in [1.165, 1.54) is 11.1 Å². The van der Waals surface area contributed by atoms with Crippen molar-refractivity contribution in [3.8, 4) is 5.75 Å². The van der Waals surface area contributed by atoms with Gasteiger partial charge in [0.1, 0.15) is 5.75 Å². The minimum Gasteiger partial charge on any atom is -0.482 e. The molecule has 0 bridgehead atoms. The van der Waals surface area contributed by atoms with Gasteiger partial charge < -0.3 is 20.1 Å². The number of fused-ring (bicyclic) bond motifs is 1. The second-order valence-electron chi connectivity index (χ2n) is 7.93. The fourth-order valence-electron chi connectivity index (χ4n) is 3.96. The molecule has 5 rings (SSSR count). The Morgan fingerprint density at radius 2 is 1.84 bits per heavy atom. The van der Waals surface area contributed by atoms with Gasteiger partial charge in [0.2, 0.25) is 5.91 Å². The number of amides is 2. The van der Waals surface area contributed by atoms with E-state index < -0.39 is 5.92 Å². The molecule has 3 heterocycles. The largest absolute Gasteiger partial charge is 0.482 e. The lowest BCUT2D eigenvalue weighted by Gasteiger charge is -2.42. The van der Waals surface area contributed by atoms with Gasteiger partial charge in [0, 0.05) is 31.1 Å². The molecule has 31 heavy (non-hydrogen) atoms. The third-order valence-corrected chi connectivity index (χ3v) is 6.79. The number of aliphatic hydroxyl groups is 1. The summed E-state index contributed by atoms with van der Waals surface area (Å²) in [4.78, 5) is 27.1. The summed E-state index contributed by atoms with van der Waals surface area (Å²) in [6.45, 7) is 2.92. The molecule has 160 valence electrons. The van der Waals surface area contributed by atoms with Gasteiger partial charge in [-0.05, 0) is 46.9 Å². The van der Waals surface area contributed by atoms with Crippen LogP contribution in [0.4, 0.5) is 5.69 Å². The van der Waals surface area contributed by atoms with E-state index in [2.05, 4.69) is 9.62 Å². The van der Waals surface area contributed by atoms with Crippen molar-refractivity contribution >= 4 is 29.4 Å². The van der Waals surface area contributed by atoms with E-state index in [1.807, 2.05) is 53.4 Å². The van der Waals surface area contributed by atoms with Crippen LogP contribution in [-0.4, -0.2) is 65.5 Å². The number of aliphatic hydroxyl groups excluding tert-OH is 1. The number of likely N-dealkylation sites (tertiary alicyclic amines) is 1. The van der Waals surface area contributed by atoms with Gasteiger partial charge >= 0.3 is 0 Å². The highest BCUT2D eigenvalue weighted by molar-refractivity contribution is 7.97. The normalized spacial score (nSPS) is 19.0. The summed E-state index contributed by atoms with van der Waals surface area (Å²) in [6.07, 6.45) is 0. The van der Waals surface area contributed by atoms with Crippen LogP contribution in [0.5, 0.6) is 5.75 Å². The van der Waals surface area contributed by atoms with Crippen molar-refractivity contribution in [2.75, 3.05) is 44.7 Å². The molecular weight excluding hydrogens is 414 g/mol. The zero-order valence-corrected chi connectivity index (χ0v) is 17.7. The monoisotopic (exact) mass is 437 g/mol. The third-order valence-electron chi connectivity index (χ3n) is 5.81. The molecule has 2 aromatic rings. The van der Waals surface area contributed by atoms with Crippen molar-refractivity contribution in [3.63, 3.8) is 0 Å². The van der Waals surface area contributed by atoms with Crippen molar-refractivity contribution in [2.24, 2.45) is 0 Å². The number of hydrogen-bond acceptors (Lipinski definition) is 6. The van der Waals surface area contributed by atoms with Crippen LogP contribution in [0.15, 0.2) is 64.6 Å². The number of rotatable bonds is 5. The first-order valence-electron chi connectivity index (χ1n) is 10.2. The molecule has 2 N–H and O–H groups in total. The minimum atomic E-state index is -0.491. The second-order valence-corrected chi connectivity index (χ2v) is 9.10. The first-order chi connectivity index (χ1) is 15.1. The molecule has 7 nitrogen and oxygen atoms in total. The number of anilines is 1. The lowest BCUT2D eigenvalue weighted by atomic mass is 9.92. The van der Waals surface area contributed by atoms with Crippen LogP contribution < -0.4 is 10.1 Å². The average molecular weight is 438 g/mol. The molecule has 0 spiro atoms. The molecule has 8 heteroatoms. The first kappa shape index (κ1) is 20.1. The Morgan fingerprint density at radius 1 is 1.10 bits per heavy atom. The Labute approximate surface area is 184 Å². The fourth-order valence-corrected chi connectivity index (χ4v) is 5.00. The highest BCUT2D eigenvalue weighted by atomic mass is 32.2. The topological polar surface area (TPSA) is 82.1 Å². The molecule has 3 aliphatic rings. The lowest BCUT2D eigenvalue weighted by molar-refractivity contribution is -0.135. The number of hydrogen-bond donors (Lipinski definition) is 2. The highest BCUT2D eigenvalue weighted by Gasteiger charge is 2.35. The maximum Gasteiger partial charge on any atom is 0.262 e. The predicted molar refractivity (Wildman–Crippen MR) is 118 cm³/mol. The summed E-state index contributed by atoms with van der Waals surface area (Å²) in [7, 11) is 0. The molecule has 3 aliphatic heterocycles. The molecule has 0 aliphatic carbocycles. The summed E-state index contributed by atoms with van der Waals surface area (Å²) in [5.74, 6) is 0.0632. The molecule has 0 radical (unpaired) electrons. The molecule has 2 aromatic carbocycles. The Kier molecular flexibility index (Phi) is 5.43. The van der Waals surface area contributed by atoms with Crippen molar-refractivity contribution in [1.29, 1.82) is 0 Å². The van der Waals surface area contributed by atoms with Gasteiger partial charge in [-0.2, -0.15) is 0 Å². The number of benzene rings is 2. The van der Waals surface area contributed by atoms with E-state index in [0.717, 1.165) is 23.5 Å². The first-order valence-corrected chi connectivity index (χ1v) is 11.0.